The van der Waals surface area contributed by atoms with Crippen LogP contribution < -0.4 is 0 Å². The van der Waals surface area contributed by atoms with Crippen LogP contribution >= 0.6 is 0 Å². The molecule has 0 aromatic carbocycles. The Labute approximate surface area is 57.4 Å². The van der Waals surface area contributed by atoms with E-state index in [2.05, 4.69) is 6.92 Å². The predicted molar refractivity (Wildman–Crippen MR) is 40.3 cm³/mol. The van der Waals surface area contributed by atoms with Crippen LogP contribution in [0.2, 0.25) is 0 Å². The first-order valence-electron chi connectivity index (χ1n) is 3.56. The number of aliphatic hydroxyl groups is 1. The van der Waals surface area contributed by atoms with Gasteiger partial charge in [-0.15, -0.1) is 0 Å². The van der Waals surface area contributed by atoms with E-state index in [0.29, 0.717) is 0 Å². The molecule has 0 fully saturated rings. The average Bonchev–Trinajstić information content (AvgIpc) is 1.87. The third-order valence-corrected chi connectivity index (χ3v) is 1.45. The molecule has 0 saturated carbocycles. The van der Waals surface area contributed by atoms with Crippen LogP contribution in [0.1, 0.15) is 33.6 Å². The monoisotopic (exact) mass is 128 g/mol. The normalized spacial score (nSPS) is 15.8. The van der Waals surface area contributed by atoms with Gasteiger partial charge >= 0.3 is 0 Å². The van der Waals surface area contributed by atoms with Gasteiger partial charge in [0.15, 0.2) is 0 Å². The smallest absolute Gasteiger partial charge is 0.0720 e. The molecular formula is C8H16O. The number of hydrogen-bond acceptors (Lipinski definition) is 1. The lowest BCUT2D eigenvalue weighted by atomic mass is 10.1. The van der Waals surface area contributed by atoms with Gasteiger partial charge in [0, 0.05) is 0 Å². The Morgan fingerprint density at radius 3 is 2.44 bits per heavy atom. The summed E-state index contributed by atoms with van der Waals surface area (Å²) in [6.07, 6.45) is 3.54. The van der Waals surface area contributed by atoms with Gasteiger partial charge in [-0.25, -0.2) is 0 Å². The van der Waals surface area contributed by atoms with Crippen molar-refractivity contribution in [3.05, 3.63) is 11.6 Å². The van der Waals surface area contributed by atoms with Crippen molar-refractivity contribution in [3.63, 3.8) is 0 Å². The van der Waals surface area contributed by atoms with Crippen LogP contribution in [-0.4, -0.2) is 11.2 Å². The Hall–Kier alpha value is -0.300. The maximum Gasteiger partial charge on any atom is 0.0720 e. The molecule has 0 aromatic rings. The predicted octanol–water partition coefficient (Wildman–Crippen LogP) is 2.11. The van der Waals surface area contributed by atoms with Crippen LogP contribution in [0.3, 0.4) is 0 Å². The van der Waals surface area contributed by atoms with Gasteiger partial charge in [0.1, 0.15) is 0 Å². The van der Waals surface area contributed by atoms with Gasteiger partial charge in [0.05, 0.1) is 6.10 Å². The fraction of sp³-hybridized carbons (Fsp3) is 0.750. The van der Waals surface area contributed by atoms with Crippen molar-refractivity contribution in [2.75, 3.05) is 0 Å². The van der Waals surface area contributed by atoms with Crippen molar-refractivity contribution in [3.8, 4) is 0 Å². The number of hydrogen-bond donors (Lipinski definition) is 1. The van der Waals surface area contributed by atoms with Gasteiger partial charge < -0.3 is 5.11 Å². The fourth-order valence-electron chi connectivity index (χ4n) is 0.564. The maximum absolute atomic E-state index is 9.08. The van der Waals surface area contributed by atoms with Gasteiger partial charge in [0.2, 0.25) is 0 Å². The summed E-state index contributed by atoms with van der Waals surface area (Å²) in [5.74, 6) is 0. The molecule has 0 aliphatic heterocycles. The SMILES string of the molecule is CC/C(C)=C\C(O)CC. The average molecular weight is 128 g/mol. The zero-order chi connectivity index (χ0) is 7.28. The lowest BCUT2D eigenvalue weighted by molar-refractivity contribution is 0.218. The van der Waals surface area contributed by atoms with E-state index in [1.807, 2.05) is 19.9 Å². The minimum absolute atomic E-state index is 0.232. The standard InChI is InChI=1S/C8H16O/c1-4-7(3)6-8(9)5-2/h6,8-9H,4-5H2,1-3H3/b7-6-. The quantitative estimate of drug-likeness (QED) is 0.577. The highest BCUT2D eigenvalue weighted by Gasteiger charge is 1.93. The Morgan fingerprint density at radius 1 is 1.56 bits per heavy atom. The summed E-state index contributed by atoms with van der Waals surface area (Å²) < 4.78 is 0. The van der Waals surface area contributed by atoms with E-state index in [4.69, 9.17) is 5.11 Å². The van der Waals surface area contributed by atoms with Crippen molar-refractivity contribution < 1.29 is 5.11 Å². The summed E-state index contributed by atoms with van der Waals surface area (Å²) >= 11 is 0. The molecule has 1 heteroatoms. The second kappa shape index (κ2) is 4.57. The van der Waals surface area contributed by atoms with Gasteiger partial charge in [-0.05, 0) is 19.8 Å². The first-order chi connectivity index (χ1) is 4.20. The maximum atomic E-state index is 9.08. The zero-order valence-electron chi connectivity index (χ0n) is 6.52. The molecular weight excluding hydrogens is 112 g/mol. The van der Waals surface area contributed by atoms with E-state index < -0.39 is 0 Å². The van der Waals surface area contributed by atoms with Crippen LogP contribution in [0.4, 0.5) is 0 Å². The number of aliphatic hydroxyl groups excluding tert-OH is 1. The van der Waals surface area contributed by atoms with Crippen LogP contribution in [0.25, 0.3) is 0 Å². The molecule has 0 aliphatic rings. The zero-order valence-corrected chi connectivity index (χ0v) is 6.52. The Bertz CT molecular complexity index is 94.7. The number of allylic oxidation sites excluding steroid dienone is 1. The Morgan fingerprint density at radius 2 is 2.11 bits per heavy atom. The molecule has 0 heterocycles. The molecule has 1 nitrogen and oxygen atoms in total. The summed E-state index contributed by atoms with van der Waals surface area (Å²) in [7, 11) is 0. The summed E-state index contributed by atoms with van der Waals surface area (Å²) in [5, 5.41) is 9.08. The third kappa shape index (κ3) is 4.22. The minimum Gasteiger partial charge on any atom is -0.389 e. The van der Waals surface area contributed by atoms with Crippen molar-refractivity contribution in [2.24, 2.45) is 0 Å². The topological polar surface area (TPSA) is 20.2 Å². The highest BCUT2D eigenvalue weighted by Crippen LogP contribution is 2.01. The van der Waals surface area contributed by atoms with Gasteiger partial charge in [0.25, 0.3) is 0 Å². The molecule has 0 radical (unpaired) electrons. The second-order valence-corrected chi connectivity index (χ2v) is 2.34. The third-order valence-electron chi connectivity index (χ3n) is 1.45. The van der Waals surface area contributed by atoms with E-state index in [0.717, 1.165) is 12.8 Å². The molecule has 1 atom stereocenters. The summed E-state index contributed by atoms with van der Waals surface area (Å²) in [6.45, 7) is 6.11. The van der Waals surface area contributed by atoms with Crippen LogP contribution in [0, 0.1) is 0 Å². The van der Waals surface area contributed by atoms with Crippen LogP contribution in [0.15, 0.2) is 11.6 Å². The lowest BCUT2D eigenvalue weighted by Gasteiger charge is -2.01. The van der Waals surface area contributed by atoms with Crippen molar-refractivity contribution in [2.45, 2.75) is 39.7 Å². The van der Waals surface area contributed by atoms with Crippen LogP contribution in [0.5, 0.6) is 0 Å². The van der Waals surface area contributed by atoms with Crippen molar-refractivity contribution >= 4 is 0 Å². The fourth-order valence-corrected chi connectivity index (χ4v) is 0.564. The molecule has 9 heavy (non-hydrogen) atoms. The highest BCUT2D eigenvalue weighted by molar-refractivity contribution is 5.00. The molecule has 1 unspecified atom stereocenters. The van der Waals surface area contributed by atoms with Crippen LogP contribution in [-0.2, 0) is 0 Å². The molecule has 0 spiro atoms. The Balaban J connectivity index is 3.64. The van der Waals surface area contributed by atoms with Gasteiger partial charge in [-0.2, -0.15) is 0 Å². The molecule has 0 bridgehead atoms. The molecule has 0 aliphatic carbocycles. The second-order valence-electron chi connectivity index (χ2n) is 2.34. The summed E-state index contributed by atoms with van der Waals surface area (Å²) in [6, 6.07) is 0. The molecule has 0 amide bonds. The molecule has 0 rings (SSSR count). The Kier molecular flexibility index (Phi) is 4.41. The molecule has 1 N–H and O–H groups in total. The molecule has 54 valence electrons. The number of rotatable bonds is 3. The van der Waals surface area contributed by atoms with E-state index in [1.54, 1.807) is 0 Å². The lowest BCUT2D eigenvalue weighted by Crippen LogP contribution is -1.99. The van der Waals surface area contributed by atoms with Crippen molar-refractivity contribution in [1.82, 2.24) is 0 Å². The van der Waals surface area contributed by atoms with E-state index in [1.165, 1.54) is 5.57 Å². The molecule has 0 saturated heterocycles. The molecule has 0 aromatic heterocycles. The largest absolute Gasteiger partial charge is 0.389 e. The van der Waals surface area contributed by atoms with Gasteiger partial charge in [-0.1, -0.05) is 25.5 Å². The summed E-state index contributed by atoms with van der Waals surface area (Å²) in [4.78, 5) is 0. The van der Waals surface area contributed by atoms with Gasteiger partial charge in [-0.3, -0.25) is 0 Å². The van der Waals surface area contributed by atoms with E-state index in [9.17, 15) is 0 Å². The summed E-state index contributed by atoms with van der Waals surface area (Å²) in [5.41, 5.74) is 1.27. The first-order valence-corrected chi connectivity index (χ1v) is 3.56. The van der Waals surface area contributed by atoms with E-state index >= 15 is 0 Å². The van der Waals surface area contributed by atoms with Crippen molar-refractivity contribution in [1.29, 1.82) is 0 Å². The minimum atomic E-state index is -0.232. The highest BCUT2D eigenvalue weighted by atomic mass is 16.3. The first kappa shape index (κ1) is 8.70. The van der Waals surface area contributed by atoms with E-state index in [-0.39, 0.29) is 6.10 Å².